The molecule has 0 radical (unpaired) electrons. The molecule has 0 fully saturated rings. The zero-order valence-corrected chi connectivity index (χ0v) is 12.0. The van der Waals surface area contributed by atoms with Gasteiger partial charge >= 0.3 is 5.97 Å². The van der Waals surface area contributed by atoms with Gasteiger partial charge in [0, 0.05) is 13.5 Å². The van der Waals surface area contributed by atoms with Crippen molar-refractivity contribution in [1.82, 2.24) is 14.5 Å². The van der Waals surface area contributed by atoms with Crippen molar-refractivity contribution in [2.45, 2.75) is 23.9 Å². The Morgan fingerprint density at radius 2 is 2.20 bits per heavy atom. The van der Waals surface area contributed by atoms with E-state index < -0.39 is 27.9 Å². The van der Waals surface area contributed by atoms with E-state index in [1.54, 1.807) is 0 Å². The molecule has 0 saturated carbocycles. The third-order valence-electron chi connectivity index (χ3n) is 2.37. The van der Waals surface area contributed by atoms with E-state index in [2.05, 4.69) is 5.10 Å². The van der Waals surface area contributed by atoms with Crippen LogP contribution in [0.25, 0.3) is 0 Å². The molecule has 4 N–H and O–H groups in total. The fourth-order valence-electron chi connectivity index (χ4n) is 1.46. The van der Waals surface area contributed by atoms with Crippen LogP contribution in [0.1, 0.15) is 12.8 Å². The van der Waals surface area contributed by atoms with Crippen LogP contribution in [0.15, 0.2) is 11.2 Å². The first-order chi connectivity index (χ1) is 9.15. The van der Waals surface area contributed by atoms with Gasteiger partial charge in [0.2, 0.25) is 5.91 Å². The number of rotatable bonds is 7. The summed E-state index contributed by atoms with van der Waals surface area (Å²) in [6, 6.07) is -1.49. The highest BCUT2D eigenvalue weighted by Gasteiger charge is 2.29. The molecular formula is C9H13ClN4O5S. The molecule has 1 rings (SSSR count). The van der Waals surface area contributed by atoms with Crippen LogP contribution in [0.3, 0.4) is 0 Å². The molecule has 20 heavy (non-hydrogen) atoms. The number of hydrogen-bond donors (Lipinski definition) is 3. The molecule has 0 aliphatic rings. The number of primary amides is 1. The van der Waals surface area contributed by atoms with Gasteiger partial charge in [-0.15, -0.1) is 0 Å². The van der Waals surface area contributed by atoms with Crippen LogP contribution < -0.4 is 10.5 Å². The summed E-state index contributed by atoms with van der Waals surface area (Å²) >= 11 is 5.70. The van der Waals surface area contributed by atoms with Crippen LogP contribution in [0.4, 0.5) is 0 Å². The van der Waals surface area contributed by atoms with Gasteiger partial charge < -0.3 is 10.8 Å². The number of nitrogens with one attached hydrogen (secondary N) is 1. The second-order valence-corrected chi connectivity index (χ2v) is 5.97. The first-order valence-corrected chi connectivity index (χ1v) is 7.22. The maximum absolute atomic E-state index is 12.1. The van der Waals surface area contributed by atoms with E-state index in [4.69, 9.17) is 22.4 Å². The lowest BCUT2D eigenvalue weighted by atomic mass is 10.2. The SMILES string of the molecule is Cn1ncc(Cl)c1S(=O)(=O)N[C@H](CCC(N)=O)C(=O)O. The summed E-state index contributed by atoms with van der Waals surface area (Å²) in [5.74, 6) is -2.15. The maximum atomic E-state index is 12.1. The van der Waals surface area contributed by atoms with Crippen LogP contribution in [-0.2, 0) is 26.7 Å². The van der Waals surface area contributed by atoms with Crippen molar-refractivity contribution in [3.8, 4) is 0 Å². The molecule has 11 heteroatoms. The molecule has 1 aromatic rings. The number of carboxylic acids is 1. The Kier molecular flexibility index (Phi) is 5.09. The molecule has 0 aliphatic heterocycles. The largest absolute Gasteiger partial charge is 0.480 e. The first kappa shape index (κ1) is 16.4. The smallest absolute Gasteiger partial charge is 0.321 e. The average molecular weight is 325 g/mol. The van der Waals surface area contributed by atoms with Gasteiger partial charge in [-0.05, 0) is 6.42 Å². The molecule has 0 aliphatic carbocycles. The van der Waals surface area contributed by atoms with Crippen LogP contribution in [-0.4, -0.2) is 41.2 Å². The second kappa shape index (κ2) is 6.20. The zero-order chi connectivity index (χ0) is 15.5. The third kappa shape index (κ3) is 3.92. The molecule has 1 aromatic heterocycles. The molecule has 0 spiro atoms. The fourth-order valence-corrected chi connectivity index (χ4v) is 3.34. The Balaban J connectivity index is 2.98. The van der Waals surface area contributed by atoms with E-state index in [1.807, 2.05) is 4.72 Å². The number of carbonyl (C=O) groups excluding carboxylic acids is 1. The minimum Gasteiger partial charge on any atom is -0.480 e. The molecule has 9 nitrogen and oxygen atoms in total. The Labute approximate surface area is 119 Å². The average Bonchev–Trinajstić information content (AvgIpc) is 2.64. The molecule has 0 unspecified atom stereocenters. The molecule has 112 valence electrons. The number of aryl methyl sites for hydroxylation is 1. The third-order valence-corrected chi connectivity index (χ3v) is 4.35. The molecule has 0 saturated heterocycles. The van der Waals surface area contributed by atoms with Crippen molar-refractivity contribution in [3.05, 3.63) is 11.2 Å². The lowest BCUT2D eigenvalue weighted by molar-refractivity contribution is -0.139. The Bertz CT molecular complexity index is 607. The quantitative estimate of drug-likeness (QED) is 0.591. The summed E-state index contributed by atoms with van der Waals surface area (Å²) in [7, 11) is -2.84. The van der Waals surface area contributed by atoms with Crippen molar-refractivity contribution >= 4 is 33.5 Å². The van der Waals surface area contributed by atoms with Gasteiger partial charge in [0.15, 0.2) is 5.03 Å². The van der Waals surface area contributed by atoms with E-state index in [0.29, 0.717) is 0 Å². The van der Waals surface area contributed by atoms with Crippen molar-refractivity contribution in [1.29, 1.82) is 0 Å². The Hall–Kier alpha value is -1.65. The second-order valence-electron chi connectivity index (χ2n) is 3.94. The van der Waals surface area contributed by atoms with Gasteiger partial charge in [-0.2, -0.15) is 9.82 Å². The van der Waals surface area contributed by atoms with E-state index in [-0.39, 0.29) is 22.9 Å². The summed E-state index contributed by atoms with van der Waals surface area (Å²) in [6.45, 7) is 0. The molecule has 1 amide bonds. The summed E-state index contributed by atoms with van der Waals surface area (Å²) in [6.07, 6.45) is 0.591. The van der Waals surface area contributed by atoms with Gasteiger partial charge in [0.1, 0.15) is 6.04 Å². The predicted octanol–water partition coefficient (Wildman–Crippen LogP) is -0.929. The van der Waals surface area contributed by atoms with Crippen molar-refractivity contribution in [3.63, 3.8) is 0 Å². The number of aliphatic carboxylic acids is 1. The number of nitrogens with zero attached hydrogens (tertiary/aromatic N) is 2. The first-order valence-electron chi connectivity index (χ1n) is 5.36. The van der Waals surface area contributed by atoms with Crippen LogP contribution >= 0.6 is 11.6 Å². The number of amides is 1. The highest BCUT2D eigenvalue weighted by atomic mass is 35.5. The molecule has 1 heterocycles. The van der Waals surface area contributed by atoms with Crippen LogP contribution in [0, 0.1) is 0 Å². The van der Waals surface area contributed by atoms with E-state index in [1.165, 1.54) is 7.05 Å². The highest BCUT2D eigenvalue weighted by molar-refractivity contribution is 7.89. The number of carbonyl (C=O) groups is 2. The number of halogens is 1. The fraction of sp³-hybridized carbons (Fsp3) is 0.444. The molecular weight excluding hydrogens is 312 g/mol. The minimum atomic E-state index is -4.18. The topological polar surface area (TPSA) is 144 Å². The normalized spacial score (nSPS) is 13.1. The lowest BCUT2D eigenvalue weighted by Crippen LogP contribution is -2.42. The lowest BCUT2D eigenvalue weighted by Gasteiger charge is -2.14. The van der Waals surface area contributed by atoms with Gasteiger partial charge in [-0.1, -0.05) is 11.6 Å². The zero-order valence-electron chi connectivity index (χ0n) is 10.4. The number of nitrogens with two attached hydrogens (primary N) is 1. The van der Waals surface area contributed by atoms with E-state index >= 15 is 0 Å². The van der Waals surface area contributed by atoms with E-state index in [9.17, 15) is 18.0 Å². The Morgan fingerprint density at radius 1 is 1.60 bits per heavy atom. The van der Waals surface area contributed by atoms with Crippen molar-refractivity contribution in [2.75, 3.05) is 0 Å². The number of carboxylic acid groups (broad SMARTS) is 1. The van der Waals surface area contributed by atoms with Crippen LogP contribution in [0.2, 0.25) is 5.02 Å². The van der Waals surface area contributed by atoms with Crippen molar-refractivity contribution < 1.29 is 23.1 Å². The van der Waals surface area contributed by atoms with Gasteiger partial charge in [0.05, 0.1) is 11.2 Å². The molecule has 0 bridgehead atoms. The van der Waals surface area contributed by atoms with Gasteiger partial charge in [-0.25, -0.2) is 8.42 Å². The molecule has 0 aromatic carbocycles. The standard InChI is InChI=1S/C9H13ClN4O5S/c1-14-8(5(10)4-12-14)20(18,19)13-6(9(16)17)2-3-7(11)15/h4,6,13H,2-3H2,1H3,(H2,11,15)(H,16,17)/t6-/m1/s1. The van der Waals surface area contributed by atoms with E-state index in [0.717, 1.165) is 10.9 Å². The van der Waals surface area contributed by atoms with Gasteiger partial charge in [0.25, 0.3) is 10.0 Å². The number of aromatic nitrogens is 2. The monoisotopic (exact) mass is 324 g/mol. The Morgan fingerprint density at radius 3 is 2.60 bits per heavy atom. The molecule has 1 atom stereocenters. The predicted molar refractivity (Wildman–Crippen MR) is 68.4 cm³/mol. The summed E-state index contributed by atoms with van der Waals surface area (Å²) in [5.41, 5.74) is 4.90. The van der Waals surface area contributed by atoms with Crippen LogP contribution in [0.5, 0.6) is 0 Å². The summed E-state index contributed by atoms with van der Waals surface area (Å²) in [5, 5.41) is 12.1. The van der Waals surface area contributed by atoms with Crippen molar-refractivity contribution in [2.24, 2.45) is 12.8 Å². The highest BCUT2D eigenvalue weighted by Crippen LogP contribution is 2.20. The number of hydrogen-bond acceptors (Lipinski definition) is 5. The minimum absolute atomic E-state index is 0.140. The van der Waals surface area contributed by atoms with Gasteiger partial charge in [-0.3, -0.25) is 14.3 Å². The summed E-state index contributed by atoms with van der Waals surface area (Å²) in [4.78, 5) is 21.6. The summed E-state index contributed by atoms with van der Waals surface area (Å²) < 4.78 is 27.1. The maximum Gasteiger partial charge on any atom is 0.321 e. The number of sulfonamides is 1.